The minimum Gasteiger partial charge on any atom is -0.343 e. The highest BCUT2D eigenvalue weighted by atomic mass is 32.1. The third-order valence-electron chi connectivity index (χ3n) is 7.92. The van der Waals surface area contributed by atoms with Crippen LogP contribution in [0.5, 0.6) is 0 Å². The summed E-state index contributed by atoms with van der Waals surface area (Å²) in [6.07, 6.45) is 7.08. The molecule has 1 saturated carbocycles. The van der Waals surface area contributed by atoms with Crippen LogP contribution in [0.2, 0.25) is 0 Å². The van der Waals surface area contributed by atoms with Crippen LogP contribution in [-0.2, 0) is 9.59 Å². The van der Waals surface area contributed by atoms with E-state index in [0.29, 0.717) is 6.54 Å². The van der Waals surface area contributed by atoms with Crippen LogP contribution in [0.15, 0.2) is 42.5 Å². The zero-order valence-electron chi connectivity index (χ0n) is 21.5. The van der Waals surface area contributed by atoms with Gasteiger partial charge >= 0.3 is 0 Å². The first-order valence-corrected chi connectivity index (χ1v) is 14.2. The normalized spacial score (nSPS) is 20.2. The molecule has 5 rings (SSSR count). The predicted octanol–water partition coefficient (Wildman–Crippen LogP) is 5.44. The number of rotatable bonds is 7. The van der Waals surface area contributed by atoms with E-state index in [1.807, 2.05) is 30.0 Å². The van der Waals surface area contributed by atoms with Gasteiger partial charge in [-0.25, -0.2) is 9.37 Å². The quantitative estimate of drug-likeness (QED) is 0.433. The Labute approximate surface area is 221 Å². The summed E-state index contributed by atoms with van der Waals surface area (Å²) in [5, 5.41) is 7.02. The van der Waals surface area contributed by atoms with Crippen LogP contribution >= 0.6 is 11.3 Å². The van der Waals surface area contributed by atoms with Crippen LogP contribution in [0.1, 0.15) is 62.9 Å². The molecule has 2 amide bonds. The molecule has 1 aliphatic heterocycles. The lowest BCUT2D eigenvalue weighted by atomic mass is 9.83. The van der Waals surface area contributed by atoms with E-state index in [4.69, 9.17) is 4.98 Å². The van der Waals surface area contributed by atoms with Gasteiger partial charge in [0.2, 0.25) is 11.8 Å². The number of likely N-dealkylation sites (tertiary alicyclic amines) is 1. The molecule has 196 valence electrons. The minimum absolute atomic E-state index is 0.0177. The molecule has 37 heavy (non-hydrogen) atoms. The molecule has 3 atom stereocenters. The number of halogens is 1. The maximum atomic E-state index is 14.0. The molecule has 2 N–H and O–H groups in total. The lowest BCUT2D eigenvalue weighted by Gasteiger charge is -2.35. The summed E-state index contributed by atoms with van der Waals surface area (Å²) in [5.41, 5.74) is 2.85. The predicted molar refractivity (Wildman–Crippen MR) is 146 cm³/mol. The summed E-state index contributed by atoms with van der Waals surface area (Å²) in [6.45, 7) is 2.49. The first-order valence-electron chi connectivity index (χ1n) is 13.4. The van der Waals surface area contributed by atoms with Gasteiger partial charge in [0.25, 0.3) is 0 Å². The molecule has 1 aromatic heterocycles. The third kappa shape index (κ3) is 5.41. The summed E-state index contributed by atoms with van der Waals surface area (Å²) in [6, 6.07) is 11.6. The lowest BCUT2D eigenvalue weighted by Crippen LogP contribution is -2.55. The molecule has 2 aliphatic rings. The Balaban J connectivity index is 1.44. The van der Waals surface area contributed by atoms with Crippen molar-refractivity contribution in [3.05, 3.63) is 53.3 Å². The maximum Gasteiger partial charge on any atom is 0.246 e. The van der Waals surface area contributed by atoms with Crippen molar-refractivity contribution < 1.29 is 14.0 Å². The fourth-order valence-electron chi connectivity index (χ4n) is 5.69. The Hall–Kier alpha value is -2.84. The molecule has 6 nitrogen and oxygen atoms in total. The number of carbonyl (C=O) groups excluding carboxylic acids is 2. The smallest absolute Gasteiger partial charge is 0.246 e. The second-order valence-electron chi connectivity index (χ2n) is 10.3. The first kappa shape index (κ1) is 25.8. The van der Waals surface area contributed by atoms with Gasteiger partial charge in [-0.05, 0) is 69.3 Å². The van der Waals surface area contributed by atoms with Gasteiger partial charge in [-0.2, -0.15) is 0 Å². The zero-order chi connectivity index (χ0) is 25.9. The van der Waals surface area contributed by atoms with Gasteiger partial charge in [-0.15, -0.1) is 11.3 Å². The van der Waals surface area contributed by atoms with Gasteiger partial charge in [0.05, 0.1) is 22.3 Å². The Morgan fingerprint density at radius 1 is 1.05 bits per heavy atom. The van der Waals surface area contributed by atoms with Crippen molar-refractivity contribution >= 4 is 33.4 Å². The summed E-state index contributed by atoms with van der Waals surface area (Å²) in [5.74, 6) is -0.212. The summed E-state index contributed by atoms with van der Waals surface area (Å²) >= 11 is 1.61. The van der Waals surface area contributed by atoms with Crippen molar-refractivity contribution in [1.82, 2.24) is 20.5 Å². The number of nitrogens with one attached hydrogen (secondary N) is 2. The van der Waals surface area contributed by atoms with Crippen molar-refractivity contribution in [2.24, 2.45) is 5.92 Å². The van der Waals surface area contributed by atoms with Gasteiger partial charge in [-0.1, -0.05) is 43.5 Å². The van der Waals surface area contributed by atoms with E-state index in [1.54, 1.807) is 30.5 Å². The van der Waals surface area contributed by atoms with E-state index in [1.165, 1.54) is 18.6 Å². The Bertz CT molecular complexity index is 1250. The molecule has 0 spiro atoms. The van der Waals surface area contributed by atoms with Crippen molar-refractivity contribution in [3.8, 4) is 11.1 Å². The minimum atomic E-state index is -0.506. The van der Waals surface area contributed by atoms with Crippen LogP contribution in [0, 0.1) is 11.7 Å². The summed E-state index contributed by atoms with van der Waals surface area (Å²) in [7, 11) is 1.76. The molecule has 2 heterocycles. The maximum absolute atomic E-state index is 14.0. The number of fused-ring (bicyclic) bond motifs is 1. The van der Waals surface area contributed by atoms with Gasteiger partial charge in [-0.3, -0.25) is 9.59 Å². The van der Waals surface area contributed by atoms with Gasteiger partial charge in [0.15, 0.2) is 0 Å². The van der Waals surface area contributed by atoms with Crippen LogP contribution in [0.4, 0.5) is 4.39 Å². The van der Waals surface area contributed by atoms with Gasteiger partial charge < -0.3 is 15.5 Å². The molecule has 3 unspecified atom stereocenters. The number of nitrogens with zero attached hydrogens (tertiary/aromatic N) is 2. The van der Waals surface area contributed by atoms with E-state index < -0.39 is 6.04 Å². The Kier molecular flexibility index (Phi) is 7.86. The molecule has 1 aliphatic carbocycles. The van der Waals surface area contributed by atoms with Crippen LogP contribution in [0.3, 0.4) is 0 Å². The van der Waals surface area contributed by atoms with Crippen molar-refractivity contribution in [2.45, 2.75) is 70.0 Å². The molecule has 3 aromatic rings. The monoisotopic (exact) mass is 522 g/mol. The van der Waals surface area contributed by atoms with Crippen molar-refractivity contribution in [2.75, 3.05) is 13.6 Å². The standard InChI is InChI=1S/C29H35FN4O2S/c1-18(31-2)27(35)33-25(20-8-4-3-5-9-20)29(36)34-17-7-12-24(34)28-32-23-11-6-10-22(26(23)37-28)19-13-15-21(30)16-14-19/h6,10-11,13-16,18,20,24-25,31H,3-5,7-9,12,17H2,1-2H3,(H,33,35). The third-order valence-corrected chi connectivity index (χ3v) is 9.12. The topological polar surface area (TPSA) is 74.3 Å². The van der Waals surface area contributed by atoms with E-state index in [-0.39, 0.29) is 35.6 Å². The van der Waals surface area contributed by atoms with E-state index >= 15 is 0 Å². The molecule has 2 aromatic carbocycles. The number of amides is 2. The highest BCUT2D eigenvalue weighted by Crippen LogP contribution is 2.41. The highest BCUT2D eigenvalue weighted by molar-refractivity contribution is 7.19. The molecule has 1 saturated heterocycles. The SMILES string of the molecule is CNC(C)C(=O)NC(C(=O)N1CCCC1c1nc2cccc(-c3ccc(F)cc3)c2s1)C1CCCCC1. The molecular formula is C29H35FN4O2S. The molecule has 8 heteroatoms. The number of benzene rings is 2. The highest BCUT2D eigenvalue weighted by Gasteiger charge is 2.40. The van der Waals surface area contributed by atoms with Crippen molar-refractivity contribution in [3.63, 3.8) is 0 Å². The fourth-order valence-corrected chi connectivity index (χ4v) is 6.94. The first-order chi connectivity index (χ1) is 18.0. The molecule has 0 radical (unpaired) electrons. The van der Waals surface area contributed by atoms with E-state index in [9.17, 15) is 14.0 Å². The molecule has 0 bridgehead atoms. The Morgan fingerprint density at radius 3 is 2.54 bits per heavy atom. The van der Waals surface area contributed by atoms with Crippen LogP contribution < -0.4 is 10.6 Å². The summed E-state index contributed by atoms with van der Waals surface area (Å²) in [4.78, 5) is 33.8. The van der Waals surface area contributed by atoms with Crippen molar-refractivity contribution in [1.29, 1.82) is 0 Å². The number of likely N-dealkylation sites (N-methyl/N-ethyl adjacent to an activating group) is 1. The second kappa shape index (κ2) is 11.3. The van der Waals surface area contributed by atoms with E-state index in [0.717, 1.165) is 64.9 Å². The van der Waals surface area contributed by atoms with Crippen LogP contribution in [0.25, 0.3) is 21.3 Å². The number of hydrogen-bond donors (Lipinski definition) is 2. The lowest BCUT2D eigenvalue weighted by molar-refractivity contribution is -0.139. The van der Waals surface area contributed by atoms with Gasteiger partial charge in [0, 0.05) is 12.1 Å². The summed E-state index contributed by atoms with van der Waals surface area (Å²) < 4.78 is 14.6. The van der Waals surface area contributed by atoms with E-state index in [2.05, 4.69) is 10.6 Å². The number of aromatic nitrogens is 1. The second-order valence-corrected chi connectivity index (χ2v) is 11.3. The zero-order valence-corrected chi connectivity index (χ0v) is 22.3. The number of carbonyl (C=O) groups is 2. The molecule has 2 fully saturated rings. The number of thiazole rings is 1. The Morgan fingerprint density at radius 2 is 1.81 bits per heavy atom. The average Bonchev–Trinajstić information content (AvgIpc) is 3.59. The average molecular weight is 523 g/mol. The fraction of sp³-hybridized carbons (Fsp3) is 0.483. The number of hydrogen-bond acceptors (Lipinski definition) is 5. The van der Waals surface area contributed by atoms with Crippen LogP contribution in [-0.4, -0.2) is 47.4 Å². The molecular weight excluding hydrogens is 487 g/mol. The largest absolute Gasteiger partial charge is 0.343 e. The van der Waals surface area contributed by atoms with Gasteiger partial charge in [0.1, 0.15) is 16.9 Å².